The zero-order valence-electron chi connectivity index (χ0n) is 29.1. The van der Waals surface area contributed by atoms with Crippen molar-refractivity contribution in [3.05, 3.63) is 174 Å². The molecule has 0 amide bonds. The highest BCUT2D eigenvalue weighted by Gasteiger charge is 2.45. The molecule has 1 fully saturated rings. The van der Waals surface area contributed by atoms with E-state index in [9.17, 15) is 0 Å². The van der Waals surface area contributed by atoms with Crippen LogP contribution in [0.2, 0.25) is 0 Å². The third-order valence-corrected chi connectivity index (χ3v) is 11.4. The molecule has 5 nitrogen and oxygen atoms in total. The minimum absolute atomic E-state index is 0.0144. The standard InChI is InChI=1S/C48H35N3O2/c1-5-15-44-40(11-1)50(41-12-2-6-16-45(41)52-44)34-24-26-37-36-25-20-32(29-38(36)48(39(37)30-34)27-9-10-28-48)19-21-33-22-23-35(31-49-33)51-42-13-3-7-17-46(42)53-47-18-8-4-14-43(47)51/h1-8,11-26,29-31H,9-10,27-28H2. The van der Waals surface area contributed by atoms with Crippen LogP contribution >= 0.6 is 0 Å². The van der Waals surface area contributed by atoms with Gasteiger partial charge in [0.25, 0.3) is 0 Å². The van der Waals surface area contributed by atoms with Crippen LogP contribution in [-0.4, -0.2) is 4.98 Å². The van der Waals surface area contributed by atoms with E-state index in [-0.39, 0.29) is 5.41 Å². The number of para-hydroxylation sites is 8. The van der Waals surface area contributed by atoms with Crippen LogP contribution in [0.15, 0.2) is 152 Å². The summed E-state index contributed by atoms with van der Waals surface area (Å²) < 4.78 is 12.5. The average molecular weight is 686 g/mol. The Balaban J connectivity index is 0.921. The lowest BCUT2D eigenvalue weighted by atomic mass is 9.76. The van der Waals surface area contributed by atoms with Crippen molar-refractivity contribution in [2.24, 2.45) is 0 Å². The van der Waals surface area contributed by atoms with Gasteiger partial charge in [0, 0.05) is 11.1 Å². The SMILES string of the molecule is C(=Cc1ccc(N2c3ccccc3Oc3ccccc32)cn1)c1ccc2c(c1)C1(CCCC1)c1cc(N3c4ccccc4Oc4ccccc43)ccc1-2. The number of hydrogen-bond acceptors (Lipinski definition) is 5. The van der Waals surface area contributed by atoms with Crippen molar-refractivity contribution in [2.45, 2.75) is 31.1 Å². The van der Waals surface area contributed by atoms with Crippen LogP contribution in [-0.2, 0) is 5.41 Å². The number of anilines is 6. The first kappa shape index (κ1) is 30.1. The van der Waals surface area contributed by atoms with E-state index in [4.69, 9.17) is 14.5 Å². The van der Waals surface area contributed by atoms with Crippen LogP contribution in [0.25, 0.3) is 23.3 Å². The molecular weight excluding hydrogens is 651 g/mol. The molecule has 0 atom stereocenters. The fourth-order valence-electron chi connectivity index (χ4n) is 9.04. The summed E-state index contributed by atoms with van der Waals surface area (Å²) in [5, 5.41) is 0. The van der Waals surface area contributed by atoms with Crippen LogP contribution in [0.4, 0.5) is 34.1 Å². The zero-order valence-corrected chi connectivity index (χ0v) is 29.1. The number of aromatic nitrogens is 1. The van der Waals surface area contributed by atoms with Crippen LogP contribution in [0.1, 0.15) is 48.1 Å². The number of benzene rings is 6. The van der Waals surface area contributed by atoms with Crippen molar-refractivity contribution in [3.8, 4) is 34.1 Å². The van der Waals surface area contributed by atoms with Gasteiger partial charge >= 0.3 is 0 Å². The molecule has 5 heteroatoms. The van der Waals surface area contributed by atoms with Crippen molar-refractivity contribution in [1.29, 1.82) is 0 Å². The molecule has 2 aliphatic carbocycles. The first-order valence-corrected chi connectivity index (χ1v) is 18.5. The first-order valence-electron chi connectivity index (χ1n) is 18.5. The van der Waals surface area contributed by atoms with Crippen molar-refractivity contribution < 1.29 is 9.47 Å². The van der Waals surface area contributed by atoms with Gasteiger partial charge in [-0.1, -0.05) is 91.7 Å². The van der Waals surface area contributed by atoms with E-state index in [2.05, 4.69) is 119 Å². The second-order valence-electron chi connectivity index (χ2n) is 14.3. The van der Waals surface area contributed by atoms with Crippen molar-refractivity contribution in [3.63, 3.8) is 0 Å². The van der Waals surface area contributed by atoms with E-state index in [1.54, 1.807) is 0 Å². The lowest BCUT2D eigenvalue weighted by molar-refractivity contribution is 0.476. The molecule has 53 heavy (non-hydrogen) atoms. The monoisotopic (exact) mass is 685 g/mol. The van der Waals surface area contributed by atoms with Gasteiger partial charge in [0.15, 0.2) is 23.0 Å². The Morgan fingerprint density at radius 3 is 1.53 bits per heavy atom. The normalized spacial score (nSPS) is 15.5. The van der Waals surface area contributed by atoms with Gasteiger partial charge in [0.1, 0.15) is 0 Å². The molecule has 0 N–H and O–H groups in total. The van der Waals surface area contributed by atoms with Gasteiger partial charge in [-0.25, -0.2) is 0 Å². The Hall–Kier alpha value is -6.59. The summed E-state index contributed by atoms with van der Waals surface area (Å²) in [5.74, 6) is 3.43. The lowest BCUT2D eigenvalue weighted by Crippen LogP contribution is -2.21. The number of nitrogens with zero attached hydrogens (tertiary/aromatic N) is 3. The highest BCUT2D eigenvalue weighted by molar-refractivity contribution is 5.91. The lowest BCUT2D eigenvalue weighted by Gasteiger charge is -2.34. The Bertz CT molecular complexity index is 2510. The molecule has 6 aromatic carbocycles. The number of ether oxygens (including phenoxy) is 2. The molecule has 1 saturated carbocycles. The Kier molecular flexibility index (Phi) is 6.65. The summed E-state index contributed by atoms with van der Waals surface area (Å²) in [6.45, 7) is 0. The molecule has 1 aromatic heterocycles. The molecule has 0 unspecified atom stereocenters. The summed E-state index contributed by atoms with van der Waals surface area (Å²) in [7, 11) is 0. The van der Waals surface area contributed by atoms with E-state index in [1.165, 1.54) is 46.3 Å². The number of fused-ring (bicyclic) bond motifs is 9. The maximum Gasteiger partial charge on any atom is 0.151 e. The highest BCUT2D eigenvalue weighted by atomic mass is 16.5. The van der Waals surface area contributed by atoms with Crippen LogP contribution in [0.5, 0.6) is 23.0 Å². The third-order valence-electron chi connectivity index (χ3n) is 11.4. The van der Waals surface area contributed by atoms with Crippen molar-refractivity contribution in [2.75, 3.05) is 9.80 Å². The fourth-order valence-corrected chi connectivity index (χ4v) is 9.04. The summed E-state index contributed by atoms with van der Waals surface area (Å²) >= 11 is 0. The summed E-state index contributed by atoms with van der Waals surface area (Å²) in [6, 6.07) is 51.3. The predicted octanol–water partition coefficient (Wildman–Crippen LogP) is 13.2. The van der Waals surface area contributed by atoms with Crippen LogP contribution < -0.4 is 19.3 Å². The van der Waals surface area contributed by atoms with Crippen LogP contribution in [0.3, 0.4) is 0 Å². The maximum absolute atomic E-state index is 6.33. The van der Waals surface area contributed by atoms with Gasteiger partial charge in [0.2, 0.25) is 0 Å². The summed E-state index contributed by atoms with van der Waals surface area (Å²) in [4.78, 5) is 9.48. The van der Waals surface area contributed by atoms with Crippen LogP contribution in [0, 0.1) is 0 Å². The molecule has 2 aliphatic heterocycles. The minimum atomic E-state index is 0.0144. The molecule has 254 valence electrons. The van der Waals surface area contributed by atoms with Gasteiger partial charge in [-0.3, -0.25) is 4.98 Å². The molecular formula is C48H35N3O2. The first-order chi connectivity index (χ1) is 26.2. The summed E-state index contributed by atoms with van der Waals surface area (Å²) in [5.41, 5.74) is 14.1. The topological polar surface area (TPSA) is 37.8 Å². The van der Waals surface area contributed by atoms with Crippen molar-refractivity contribution >= 4 is 46.3 Å². The van der Waals surface area contributed by atoms with Gasteiger partial charge < -0.3 is 19.3 Å². The minimum Gasteiger partial charge on any atom is -0.453 e. The van der Waals surface area contributed by atoms with E-state index in [0.717, 1.165) is 70.0 Å². The van der Waals surface area contributed by atoms with E-state index in [0.29, 0.717) is 0 Å². The fraction of sp³-hybridized carbons (Fsp3) is 0.104. The second kappa shape index (κ2) is 11.7. The van der Waals surface area contributed by atoms with E-state index >= 15 is 0 Å². The quantitative estimate of drug-likeness (QED) is 0.184. The largest absolute Gasteiger partial charge is 0.453 e. The Labute approximate surface area is 309 Å². The summed E-state index contributed by atoms with van der Waals surface area (Å²) in [6.07, 6.45) is 11.1. The molecule has 1 spiro atoms. The number of hydrogen-bond donors (Lipinski definition) is 0. The number of rotatable bonds is 4. The van der Waals surface area contributed by atoms with E-state index < -0.39 is 0 Å². The predicted molar refractivity (Wildman–Crippen MR) is 214 cm³/mol. The second-order valence-corrected chi connectivity index (χ2v) is 14.3. The molecule has 0 bridgehead atoms. The Morgan fingerprint density at radius 1 is 0.491 bits per heavy atom. The van der Waals surface area contributed by atoms with Gasteiger partial charge in [-0.05, 0) is 120 Å². The van der Waals surface area contributed by atoms with E-state index in [1.807, 2.05) is 54.7 Å². The molecule has 7 aromatic rings. The molecule has 3 heterocycles. The Morgan fingerprint density at radius 2 is 0.981 bits per heavy atom. The molecule has 4 aliphatic rings. The van der Waals surface area contributed by atoms with Gasteiger partial charge in [-0.2, -0.15) is 0 Å². The smallest absolute Gasteiger partial charge is 0.151 e. The highest BCUT2D eigenvalue weighted by Crippen LogP contribution is 2.59. The molecule has 0 radical (unpaired) electrons. The molecule has 11 rings (SSSR count). The van der Waals surface area contributed by atoms with Gasteiger partial charge in [0.05, 0.1) is 40.3 Å². The molecule has 0 saturated heterocycles. The number of pyridine rings is 1. The average Bonchev–Trinajstić information content (AvgIpc) is 3.82. The van der Waals surface area contributed by atoms with Gasteiger partial charge in [-0.15, -0.1) is 0 Å². The maximum atomic E-state index is 6.33. The van der Waals surface area contributed by atoms with Crippen molar-refractivity contribution in [1.82, 2.24) is 4.98 Å². The zero-order chi connectivity index (χ0) is 34.9. The third kappa shape index (κ3) is 4.67.